The Kier molecular flexibility index (Phi) is 16.1. The van der Waals surface area contributed by atoms with Crippen LogP contribution in [0.15, 0.2) is 58.5 Å². The Bertz CT molecular complexity index is 1230. The zero-order valence-electron chi connectivity index (χ0n) is 27.0. The van der Waals surface area contributed by atoms with Crippen molar-refractivity contribution in [3.05, 3.63) is 58.5 Å². The summed E-state index contributed by atoms with van der Waals surface area (Å²) in [7, 11) is 6.74. The van der Waals surface area contributed by atoms with Gasteiger partial charge in [-0.25, -0.2) is 4.79 Å². The number of primary amides is 1. The summed E-state index contributed by atoms with van der Waals surface area (Å²) in [6, 6.07) is 0. The number of rotatable bonds is 7. The Hall–Kier alpha value is -3.58. The zero-order valence-corrected chi connectivity index (χ0v) is 27.0. The lowest BCUT2D eigenvalue weighted by molar-refractivity contribution is -0.120. The molecular weight excluding hydrogens is 580 g/mol. The van der Waals surface area contributed by atoms with E-state index in [0.29, 0.717) is 25.1 Å². The van der Waals surface area contributed by atoms with Crippen molar-refractivity contribution in [2.45, 2.75) is 72.4 Å². The first kappa shape index (κ1) is 39.4. The van der Waals surface area contributed by atoms with E-state index in [1.54, 1.807) is 32.1 Å². The van der Waals surface area contributed by atoms with Crippen molar-refractivity contribution in [3.63, 3.8) is 0 Å². The number of aliphatic hydroxyl groups is 1. The van der Waals surface area contributed by atoms with Gasteiger partial charge in [0.1, 0.15) is 6.10 Å². The molecule has 2 rings (SSSR count). The molecule has 5 N–H and O–H groups in total. The van der Waals surface area contributed by atoms with Crippen LogP contribution in [-0.2, 0) is 28.6 Å². The van der Waals surface area contributed by atoms with Crippen molar-refractivity contribution in [2.24, 2.45) is 17.6 Å². The van der Waals surface area contributed by atoms with E-state index in [2.05, 4.69) is 10.6 Å². The molecule has 0 unspecified atom stereocenters. The van der Waals surface area contributed by atoms with Crippen molar-refractivity contribution in [1.82, 2.24) is 15.5 Å². The number of ether oxygens (including phenoxy) is 3. The molecule has 0 radical (unpaired) electrons. The van der Waals surface area contributed by atoms with Gasteiger partial charge in [0.25, 0.3) is 5.91 Å². The van der Waals surface area contributed by atoms with Crippen molar-refractivity contribution < 1.29 is 38.5 Å². The summed E-state index contributed by atoms with van der Waals surface area (Å²) in [5.74, 6) is -2.06. The number of hydrogen-bond donors (Lipinski definition) is 4. The number of methoxy groups -OCH3 is 2. The van der Waals surface area contributed by atoms with Gasteiger partial charge in [-0.05, 0) is 52.3 Å². The average molecular weight is 633 g/mol. The molecule has 0 aromatic rings. The van der Waals surface area contributed by atoms with E-state index in [0.717, 1.165) is 6.08 Å². The fraction of sp³-hybridized carbons (Fsp3) is 0.576. The molecule has 2 aliphatic rings. The topological polar surface area (TPSA) is 170 Å². The van der Waals surface area contributed by atoms with Gasteiger partial charge in [0.2, 0.25) is 11.6 Å². The number of nitrogens with zero attached hydrogens (tertiary/aromatic N) is 1. The highest BCUT2D eigenvalue weighted by molar-refractivity contribution is 6.23. The van der Waals surface area contributed by atoms with E-state index in [1.807, 2.05) is 32.8 Å². The van der Waals surface area contributed by atoms with Crippen LogP contribution in [0.3, 0.4) is 0 Å². The average Bonchev–Trinajstić information content (AvgIpc) is 2.95. The standard InChI is InChI=1S/C32H48N4O8.CH4/c1-18-14-22-27(34-12-13-36(5)6)24(37)17-23(29(22)39)35-31(40)19(2)10-9-11-25(42-7)30(44-32(33)41)21(4)16-20(3)28(38)26(15-18)43-8;/h9-11,16-18,20,25-26,28,30,34,38H,12-15H2,1-8H3,(H2,33,41)(H,35,40);1H4/b11-9-,19-10+,21-16+;/t18-,20+,25+,26+,28-,30+;/m1./s1. The number of carbonyl (C=O) groups is 4. The van der Waals surface area contributed by atoms with Crippen molar-refractivity contribution in [3.8, 4) is 0 Å². The zero-order chi connectivity index (χ0) is 33.1. The molecular formula is C33H52N4O8. The van der Waals surface area contributed by atoms with E-state index < -0.39 is 53.9 Å². The number of likely N-dealkylation sites (N-methyl/N-ethyl adjacent to an activating group) is 1. The molecule has 2 bridgehead atoms. The van der Waals surface area contributed by atoms with Crippen LogP contribution in [-0.4, -0.2) is 99.4 Å². The lowest BCUT2D eigenvalue weighted by Crippen LogP contribution is -2.38. The third-order valence-corrected chi connectivity index (χ3v) is 7.65. The molecule has 12 nitrogen and oxygen atoms in total. The van der Waals surface area contributed by atoms with Crippen LogP contribution in [0, 0.1) is 11.8 Å². The lowest BCUT2D eigenvalue weighted by Gasteiger charge is -2.30. The highest BCUT2D eigenvalue weighted by Crippen LogP contribution is 2.28. The van der Waals surface area contributed by atoms with Crippen LogP contribution in [0.1, 0.15) is 48.0 Å². The van der Waals surface area contributed by atoms with Gasteiger partial charge in [0.05, 0.1) is 23.6 Å². The molecule has 12 heteroatoms. The van der Waals surface area contributed by atoms with E-state index in [4.69, 9.17) is 19.9 Å². The number of aliphatic hydroxyl groups excluding tert-OH is 1. The normalized spacial score (nSPS) is 30.3. The Balaban J connectivity index is 0.0000101. The molecule has 0 saturated carbocycles. The Morgan fingerprint density at radius 1 is 1.16 bits per heavy atom. The summed E-state index contributed by atoms with van der Waals surface area (Å²) in [6.45, 7) is 8.09. The summed E-state index contributed by atoms with van der Waals surface area (Å²) in [6.07, 6.45) is 3.88. The lowest BCUT2D eigenvalue weighted by atomic mass is 9.85. The largest absolute Gasteiger partial charge is 0.439 e. The fourth-order valence-corrected chi connectivity index (χ4v) is 5.18. The molecule has 1 aliphatic carbocycles. The quantitative estimate of drug-likeness (QED) is 0.242. The number of Topliss-reactive ketones (excluding diaryl/α,β-unsaturated/α-hetero) is 1. The number of nitrogens with one attached hydrogen (secondary N) is 2. The molecule has 0 fully saturated rings. The maximum Gasteiger partial charge on any atom is 0.405 e. The van der Waals surface area contributed by atoms with Gasteiger partial charge in [0.15, 0.2) is 6.10 Å². The molecule has 252 valence electrons. The summed E-state index contributed by atoms with van der Waals surface area (Å²) in [5.41, 5.74) is 6.55. The van der Waals surface area contributed by atoms with Crippen molar-refractivity contribution in [2.75, 3.05) is 41.4 Å². The van der Waals surface area contributed by atoms with Gasteiger partial charge >= 0.3 is 6.09 Å². The van der Waals surface area contributed by atoms with Crippen LogP contribution in [0.5, 0.6) is 0 Å². The van der Waals surface area contributed by atoms with Crippen LogP contribution < -0.4 is 16.4 Å². The van der Waals surface area contributed by atoms with Gasteiger partial charge in [-0.1, -0.05) is 45.6 Å². The Morgan fingerprint density at radius 3 is 2.40 bits per heavy atom. The monoisotopic (exact) mass is 632 g/mol. The maximum absolute atomic E-state index is 13.7. The van der Waals surface area contributed by atoms with E-state index in [-0.39, 0.29) is 42.3 Å². The molecule has 0 spiro atoms. The second-order valence-electron chi connectivity index (χ2n) is 11.7. The van der Waals surface area contributed by atoms with Gasteiger partial charge < -0.3 is 40.6 Å². The second-order valence-corrected chi connectivity index (χ2v) is 11.7. The number of ketones is 2. The second kappa shape index (κ2) is 18.4. The van der Waals surface area contributed by atoms with Crippen molar-refractivity contribution >= 4 is 23.6 Å². The summed E-state index contributed by atoms with van der Waals surface area (Å²) in [5, 5.41) is 17.0. The summed E-state index contributed by atoms with van der Waals surface area (Å²) < 4.78 is 16.6. The molecule has 1 heterocycles. The Labute approximate surface area is 267 Å². The number of hydrogen-bond acceptors (Lipinski definition) is 10. The smallest absolute Gasteiger partial charge is 0.405 e. The SMILES string of the molecule is C.CO[C@H]1/C=C\C=C(/C)C(=O)NC2=CC(=O)C(NCCN(C)C)=C(C[C@@H](C)C[C@H](OC)[C@H](O)[C@@H](C)/C=C(\C)[C@@H]1OC(N)=O)C2=O. The van der Waals surface area contributed by atoms with Crippen LogP contribution >= 0.6 is 0 Å². The van der Waals surface area contributed by atoms with Crippen molar-refractivity contribution in [1.29, 1.82) is 0 Å². The number of carbonyl (C=O) groups excluding carboxylic acids is 4. The first-order chi connectivity index (χ1) is 20.7. The number of nitrogens with two attached hydrogens (primary N) is 1. The number of amides is 2. The highest BCUT2D eigenvalue weighted by Gasteiger charge is 2.33. The molecule has 0 aromatic carbocycles. The first-order valence-electron chi connectivity index (χ1n) is 14.7. The first-order valence-corrected chi connectivity index (χ1v) is 14.7. The summed E-state index contributed by atoms with van der Waals surface area (Å²) >= 11 is 0. The molecule has 45 heavy (non-hydrogen) atoms. The van der Waals surface area contributed by atoms with Gasteiger partial charge in [-0.15, -0.1) is 0 Å². The molecule has 2 amide bonds. The van der Waals surface area contributed by atoms with E-state index >= 15 is 0 Å². The predicted molar refractivity (Wildman–Crippen MR) is 173 cm³/mol. The Morgan fingerprint density at radius 2 is 1.82 bits per heavy atom. The van der Waals surface area contributed by atoms with Gasteiger partial charge in [0, 0.05) is 50.4 Å². The minimum Gasteiger partial charge on any atom is -0.439 e. The molecule has 0 aromatic heterocycles. The maximum atomic E-state index is 13.7. The third-order valence-electron chi connectivity index (χ3n) is 7.65. The number of allylic oxidation sites excluding steroid dienone is 4. The minimum absolute atomic E-state index is 0. The minimum atomic E-state index is -0.997. The predicted octanol–water partition coefficient (Wildman–Crippen LogP) is 2.55. The fourth-order valence-electron chi connectivity index (χ4n) is 5.18. The van der Waals surface area contributed by atoms with Gasteiger partial charge in [-0.3, -0.25) is 14.4 Å². The molecule has 0 saturated heterocycles. The molecule has 6 atom stereocenters. The molecule has 1 aliphatic heterocycles. The van der Waals surface area contributed by atoms with Crippen LogP contribution in [0.2, 0.25) is 0 Å². The van der Waals surface area contributed by atoms with Crippen LogP contribution in [0.25, 0.3) is 0 Å². The third kappa shape index (κ3) is 11.4. The summed E-state index contributed by atoms with van der Waals surface area (Å²) in [4.78, 5) is 53.7. The highest BCUT2D eigenvalue weighted by atomic mass is 16.6. The van der Waals surface area contributed by atoms with E-state index in [1.165, 1.54) is 20.3 Å². The van der Waals surface area contributed by atoms with Gasteiger partial charge in [-0.2, -0.15) is 0 Å². The van der Waals surface area contributed by atoms with E-state index in [9.17, 15) is 24.3 Å². The van der Waals surface area contributed by atoms with Crippen LogP contribution in [0.4, 0.5) is 4.79 Å². The number of fused-ring (bicyclic) bond motifs is 2.